The Bertz CT molecular complexity index is 1560. The van der Waals surface area contributed by atoms with Crippen molar-refractivity contribution < 1.29 is 28.6 Å². The summed E-state index contributed by atoms with van der Waals surface area (Å²) in [5, 5.41) is 0. The molecule has 0 bridgehead atoms. The Labute approximate surface area is 496 Å². The van der Waals surface area contributed by atoms with Crippen LogP contribution in [0.4, 0.5) is 0 Å². The molecule has 0 aliphatic rings. The van der Waals surface area contributed by atoms with Crippen LogP contribution in [0.15, 0.2) is 97.2 Å². The fourth-order valence-electron chi connectivity index (χ4n) is 9.76. The van der Waals surface area contributed by atoms with Crippen LogP contribution >= 0.6 is 0 Å². The van der Waals surface area contributed by atoms with Gasteiger partial charge in [0, 0.05) is 19.3 Å². The lowest BCUT2D eigenvalue weighted by Crippen LogP contribution is -2.30. The molecule has 0 aromatic carbocycles. The molecule has 80 heavy (non-hydrogen) atoms. The van der Waals surface area contributed by atoms with Gasteiger partial charge in [0.25, 0.3) is 0 Å². The van der Waals surface area contributed by atoms with E-state index >= 15 is 0 Å². The third-order valence-corrected chi connectivity index (χ3v) is 14.9. The summed E-state index contributed by atoms with van der Waals surface area (Å²) in [5.74, 6) is -0.863. The summed E-state index contributed by atoms with van der Waals surface area (Å²) < 4.78 is 16.9. The fraction of sp³-hybridized carbons (Fsp3) is 0.743. The van der Waals surface area contributed by atoms with Crippen LogP contribution in [-0.2, 0) is 28.6 Å². The van der Waals surface area contributed by atoms with E-state index in [1.807, 2.05) is 0 Å². The first kappa shape index (κ1) is 76.3. The SMILES string of the molecule is CC/C=C\C/C=C\C/C=C\C/C=C\C/C=C\C/C=C\C/C=C\C/C=C\CCCCCCCCCCCCC(=O)OCC(COC(=O)CCCCCCCCCCCC)OC(=O)CCCCCCCCCCCCCCCCCCC. The van der Waals surface area contributed by atoms with Crippen LogP contribution in [0.3, 0.4) is 0 Å². The fourth-order valence-corrected chi connectivity index (χ4v) is 9.76. The van der Waals surface area contributed by atoms with Crippen molar-refractivity contribution in [3.05, 3.63) is 97.2 Å². The lowest BCUT2D eigenvalue weighted by Gasteiger charge is -2.18. The Balaban J connectivity index is 4.15. The molecule has 0 saturated heterocycles. The molecule has 0 aromatic rings. The number of hydrogen-bond acceptors (Lipinski definition) is 6. The molecule has 6 heteroatoms. The summed E-state index contributed by atoms with van der Waals surface area (Å²) >= 11 is 0. The molecule has 1 atom stereocenters. The number of carbonyl (C=O) groups excluding carboxylic acids is 3. The average molecular weight is 1110 g/mol. The molecular weight excluding hydrogens is 985 g/mol. The minimum Gasteiger partial charge on any atom is -0.462 e. The van der Waals surface area contributed by atoms with E-state index in [0.29, 0.717) is 19.3 Å². The van der Waals surface area contributed by atoms with Gasteiger partial charge in [0.05, 0.1) is 0 Å². The van der Waals surface area contributed by atoms with Crippen LogP contribution in [0.25, 0.3) is 0 Å². The number of ether oxygens (including phenoxy) is 3. The largest absolute Gasteiger partial charge is 0.462 e. The van der Waals surface area contributed by atoms with Gasteiger partial charge in [-0.1, -0.05) is 330 Å². The van der Waals surface area contributed by atoms with Gasteiger partial charge in [-0.3, -0.25) is 14.4 Å². The van der Waals surface area contributed by atoms with Gasteiger partial charge in [-0.05, 0) is 83.5 Å². The predicted molar refractivity (Wildman–Crippen MR) is 348 cm³/mol. The van der Waals surface area contributed by atoms with Crippen molar-refractivity contribution in [2.45, 2.75) is 341 Å². The second kappa shape index (κ2) is 67.8. The van der Waals surface area contributed by atoms with Gasteiger partial charge in [-0.2, -0.15) is 0 Å². The predicted octanol–water partition coefficient (Wildman–Crippen LogP) is 23.6. The minimum absolute atomic E-state index is 0.0726. The van der Waals surface area contributed by atoms with Gasteiger partial charge in [0.15, 0.2) is 6.10 Å². The molecule has 0 N–H and O–H groups in total. The van der Waals surface area contributed by atoms with Gasteiger partial charge in [-0.15, -0.1) is 0 Å². The van der Waals surface area contributed by atoms with E-state index in [2.05, 4.69) is 118 Å². The van der Waals surface area contributed by atoms with Crippen molar-refractivity contribution in [2.24, 2.45) is 0 Å². The van der Waals surface area contributed by atoms with E-state index in [1.165, 1.54) is 186 Å². The third kappa shape index (κ3) is 65.1. The minimum atomic E-state index is -0.775. The van der Waals surface area contributed by atoms with Gasteiger partial charge >= 0.3 is 17.9 Å². The first-order valence-corrected chi connectivity index (χ1v) is 34.2. The maximum Gasteiger partial charge on any atom is 0.306 e. The highest BCUT2D eigenvalue weighted by atomic mass is 16.6. The molecule has 1 unspecified atom stereocenters. The zero-order chi connectivity index (χ0) is 57.8. The molecule has 0 amide bonds. The topological polar surface area (TPSA) is 78.9 Å². The molecule has 0 aromatic heterocycles. The highest BCUT2D eigenvalue weighted by molar-refractivity contribution is 5.71. The van der Waals surface area contributed by atoms with Crippen LogP contribution in [0.1, 0.15) is 335 Å². The molecule has 0 spiro atoms. The van der Waals surface area contributed by atoms with E-state index in [9.17, 15) is 14.4 Å². The maximum absolute atomic E-state index is 12.9. The van der Waals surface area contributed by atoms with E-state index in [4.69, 9.17) is 14.2 Å². The lowest BCUT2D eigenvalue weighted by molar-refractivity contribution is -0.167. The highest BCUT2D eigenvalue weighted by Crippen LogP contribution is 2.17. The first-order valence-electron chi connectivity index (χ1n) is 34.2. The zero-order valence-corrected chi connectivity index (χ0v) is 52.8. The second-order valence-electron chi connectivity index (χ2n) is 22.7. The number of unbranched alkanes of at least 4 members (excludes halogenated alkanes) is 35. The molecule has 0 saturated carbocycles. The second-order valence-corrected chi connectivity index (χ2v) is 22.7. The van der Waals surface area contributed by atoms with Crippen LogP contribution in [0.2, 0.25) is 0 Å². The van der Waals surface area contributed by atoms with E-state index in [0.717, 1.165) is 109 Å². The Morgan fingerprint density at radius 3 is 0.762 bits per heavy atom. The molecule has 460 valence electrons. The summed E-state index contributed by atoms with van der Waals surface area (Å²) in [4.78, 5) is 38.3. The molecule has 0 radical (unpaired) electrons. The molecule has 0 fully saturated rings. The smallest absolute Gasteiger partial charge is 0.306 e. The van der Waals surface area contributed by atoms with Crippen molar-refractivity contribution in [1.29, 1.82) is 0 Å². The molecular formula is C74H128O6. The number of carbonyl (C=O) groups is 3. The number of esters is 3. The summed E-state index contributed by atoms with van der Waals surface area (Å²) in [7, 11) is 0. The Morgan fingerprint density at radius 2 is 0.487 bits per heavy atom. The van der Waals surface area contributed by atoms with Crippen molar-refractivity contribution in [3.8, 4) is 0 Å². The van der Waals surface area contributed by atoms with Gasteiger partial charge in [0.2, 0.25) is 0 Å². The summed E-state index contributed by atoms with van der Waals surface area (Å²) in [5.41, 5.74) is 0. The van der Waals surface area contributed by atoms with Crippen molar-refractivity contribution in [2.75, 3.05) is 13.2 Å². The van der Waals surface area contributed by atoms with Crippen LogP contribution in [0.5, 0.6) is 0 Å². The Kier molecular flexibility index (Phi) is 64.7. The number of allylic oxidation sites excluding steroid dienone is 16. The third-order valence-electron chi connectivity index (χ3n) is 14.9. The molecule has 0 aliphatic heterocycles. The van der Waals surface area contributed by atoms with Crippen molar-refractivity contribution in [1.82, 2.24) is 0 Å². The van der Waals surface area contributed by atoms with E-state index in [-0.39, 0.29) is 31.1 Å². The molecule has 0 rings (SSSR count). The van der Waals surface area contributed by atoms with Gasteiger partial charge in [0.1, 0.15) is 13.2 Å². The quantitative estimate of drug-likeness (QED) is 0.0261. The summed E-state index contributed by atoms with van der Waals surface area (Å²) in [6.07, 6.45) is 91.5. The monoisotopic (exact) mass is 1110 g/mol. The van der Waals surface area contributed by atoms with E-state index < -0.39 is 6.10 Å². The van der Waals surface area contributed by atoms with Crippen molar-refractivity contribution in [3.63, 3.8) is 0 Å². The molecule has 0 heterocycles. The zero-order valence-electron chi connectivity index (χ0n) is 52.8. The summed E-state index contributed by atoms with van der Waals surface area (Å²) in [6, 6.07) is 0. The Morgan fingerprint density at radius 1 is 0.263 bits per heavy atom. The highest BCUT2D eigenvalue weighted by Gasteiger charge is 2.19. The van der Waals surface area contributed by atoms with Crippen LogP contribution in [0, 0.1) is 0 Å². The normalized spacial score (nSPS) is 12.7. The van der Waals surface area contributed by atoms with Gasteiger partial charge < -0.3 is 14.2 Å². The number of rotatable bonds is 62. The summed E-state index contributed by atoms with van der Waals surface area (Å²) in [6.45, 7) is 6.55. The first-order chi connectivity index (χ1) is 39.5. The van der Waals surface area contributed by atoms with Gasteiger partial charge in [-0.25, -0.2) is 0 Å². The average Bonchev–Trinajstić information content (AvgIpc) is 3.46. The van der Waals surface area contributed by atoms with Crippen LogP contribution < -0.4 is 0 Å². The molecule has 0 aliphatic carbocycles. The van der Waals surface area contributed by atoms with Crippen LogP contribution in [-0.4, -0.2) is 37.2 Å². The number of hydrogen-bond donors (Lipinski definition) is 0. The standard InChI is InChI=1S/C74H128O6/c1-4-7-10-13-16-19-22-24-26-28-29-30-31-32-33-34-35-36-37-38-39-40-41-42-43-44-45-47-48-50-52-55-58-61-64-67-73(76)79-70-71(69-78-72(75)66-63-60-57-54-21-18-15-12-9-6-3)80-74(77)68-65-62-59-56-53-51-49-46-27-25-23-20-17-14-11-8-5-2/h7,10,16,19,24,26,29-30,32-33,35-36,38-39,41-42,71H,4-6,8-9,11-15,17-18,20-23,25,27-28,31,34,37,40,43-70H2,1-3H3/b10-7-,19-16-,26-24-,30-29-,33-32-,36-35-,39-38-,42-41-. The van der Waals surface area contributed by atoms with Crippen molar-refractivity contribution >= 4 is 17.9 Å². The maximum atomic E-state index is 12.9. The van der Waals surface area contributed by atoms with E-state index in [1.54, 1.807) is 0 Å². The molecule has 6 nitrogen and oxygen atoms in total. The Hall–Kier alpha value is -3.67. The lowest BCUT2D eigenvalue weighted by atomic mass is 10.0.